The van der Waals surface area contributed by atoms with Gasteiger partial charge in [-0.3, -0.25) is 4.57 Å². The van der Waals surface area contributed by atoms with E-state index < -0.39 is 41.9 Å². The second-order valence-electron chi connectivity index (χ2n) is 10.4. The Hall–Kier alpha value is -5.82. The second kappa shape index (κ2) is 12.1. The van der Waals surface area contributed by atoms with Gasteiger partial charge in [-0.05, 0) is 43.3 Å². The molecule has 0 saturated carbocycles. The zero-order valence-electron chi connectivity index (χ0n) is 24.0. The monoisotopic (exact) mass is 608 g/mol. The summed E-state index contributed by atoms with van der Waals surface area (Å²) in [5.41, 5.74) is 11.4. The van der Waals surface area contributed by atoms with E-state index in [-0.39, 0.29) is 40.7 Å². The highest BCUT2D eigenvalue weighted by Gasteiger charge is 2.60. The molecule has 3 heterocycles. The van der Waals surface area contributed by atoms with E-state index in [0.29, 0.717) is 5.56 Å². The van der Waals surface area contributed by atoms with Crippen molar-refractivity contribution in [1.29, 1.82) is 0 Å². The Kier molecular flexibility index (Phi) is 7.84. The summed E-state index contributed by atoms with van der Waals surface area (Å²) < 4.78 is 25.7. The van der Waals surface area contributed by atoms with Crippen LogP contribution in [-0.4, -0.2) is 61.8 Å². The van der Waals surface area contributed by atoms with Gasteiger partial charge in [-0.2, -0.15) is 9.97 Å². The molecule has 45 heavy (non-hydrogen) atoms. The van der Waals surface area contributed by atoms with Gasteiger partial charge in [0.25, 0.3) is 0 Å². The molecule has 0 radical (unpaired) electrons. The van der Waals surface area contributed by atoms with E-state index in [1.54, 1.807) is 97.9 Å². The summed E-state index contributed by atoms with van der Waals surface area (Å²) in [4.78, 5) is 52.5. The lowest BCUT2D eigenvalue weighted by Gasteiger charge is -2.34. The zero-order valence-corrected chi connectivity index (χ0v) is 24.0. The molecule has 1 fully saturated rings. The number of nitrogens with zero attached hydrogens (tertiary/aromatic N) is 4. The summed E-state index contributed by atoms with van der Waals surface area (Å²) in [5, 5.41) is 0. The third-order valence-electron chi connectivity index (χ3n) is 7.37. The van der Waals surface area contributed by atoms with E-state index in [1.807, 2.05) is 0 Å². The van der Waals surface area contributed by atoms with E-state index in [0.717, 1.165) is 0 Å². The summed E-state index contributed by atoms with van der Waals surface area (Å²) >= 11 is 0. The molecule has 5 aromatic rings. The number of carbonyl (C=O) groups excluding carboxylic acids is 3. The molecule has 13 heteroatoms. The van der Waals surface area contributed by atoms with Gasteiger partial charge in [0.15, 0.2) is 29.4 Å². The number of anilines is 2. The van der Waals surface area contributed by atoms with Crippen molar-refractivity contribution in [3.05, 3.63) is 114 Å². The van der Waals surface area contributed by atoms with Crippen molar-refractivity contribution < 1.29 is 33.3 Å². The maximum Gasteiger partial charge on any atom is 0.338 e. The van der Waals surface area contributed by atoms with Crippen molar-refractivity contribution in [1.82, 2.24) is 19.5 Å². The Morgan fingerprint density at radius 1 is 0.822 bits per heavy atom. The molecule has 1 aliphatic rings. The van der Waals surface area contributed by atoms with E-state index in [1.165, 1.54) is 10.9 Å². The normalized spacial score (nSPS) is 20.9. The number of hydrogen-bond donors (Lipinski definition) is 2. The predicted octanol–water partition coefficient (Wildman–Crippen LogP) is 3.59. The van der Waals surface area contributed by atoms with E-state index >= 15 is 0 Å². The number of imidazole rings is 1. The van der Waals surface area contributed by atoms with Gasteiger partial charge < -0.3 is 30.4 Å². The van der Waals surface area contributed by atoms with Gasteiger partial charge >= 0.3 is 17.9 Å². The van der Waals surface area contributed by atoms with Gasteiger partial charge in [0.2, 0.25) is 5.95 Å². The molecule has 228 valence electrons. The number of nitrogen functional groups attached to an aromatic ring is 2. The lowest BCUT2D eigenvalue weighted by Crippen LogP contribution is -2.50. The Bertz CT molecular complexity index is 1850. The SMILES string of the molecule is CC1(OC(=O)c2ccccc2)C(OC(=O)c2ccccc2)[C@@H](COC(=O)c2ccccc2)O[C@H]1n1cnc2c(N)nc(N)nc21. The Balaban J connectivity index is 1.43. The average molecular weight is 609 g/mol. The molecule has 0 amide bonds. The summed E-state index contributed by atoms with van der Waals surface area (Å²) in [6.45, 7) is 1.20. The minimum Gasteiger partial charge on any atom is -0.459 e. The quantitative estimate of drug-likeness (QED) is 0.193. The highest BCUT2D eigenvalue weighted by atomic mass is 16.7. The van der Waals surface area contributed by atoms with Gasteiger partial charge in [-0.1, -0.05) is 54.6 Å². The third-order valence-corrected chi connectivity index (χ3v) is 7.37. The molecular formula is C32H28N6O7. The minimum atomic E-state index is -1.73. The van der Waals surface area contributed by atoms with Gasteiger partial charge in [0.1, 0.15) is 18.2 Å². The second-order valence-corrected chi connectivity index (χ2v) is 10.4. The van der Waals surface area contributed by atoms with Crippen LogP contribution in [0.4, 0.5) is 11.8 Å². The molecule has 6 rings (SSSR count). The van der Waals surface area contributed by atoms with Crippen LogP contribution in [-0.2, 0) is 18.9 Å². The van der Waals surface area contributed by atoms with Crippen LogP contribution in [0.3, 0.4) is 0 Å². The van der Waals surface area contributed by atoms with Gasteiger partial charge in [-0.15, -0.1) is 0 Å². The maximum atomic E-state index is 13.6. The molecular weight excluding hydrogens is 580 g/mol. The van der Waals surface area contributed by atoms with Crippen molar-refractivity contribution >= 4 is 40.8 Å². The fourth-order valence-corrected chi connectivity index (χ4v) is 5.18. The molecule has 1 aliphatic heterocycles. The number of benzene rings is 3. The Morgan fingerprint density at radius 2 is 1.38 bits per heavy atom. The highest BCUT2D eigenvalue weighted by Crippen LogP contribution is 2.45. The van der Waals surface area contributed by atoms with Crippen LogP contribution in [0.2, 0.25) is 0 Å². The number of nitrogens with two attached hydrogens (primary N) is 2. The lowest BCUT2D eigenvalue weighted by molar-refractivity contribution is -0.108. The van der Waals surface area contributed by atoms with Crippen molar-refractivity contribution in [3.8, 4) is 0 Å². The fraction of sp³-hybridized carbons (Fsp3) is 0.188. The lowest BCUT2D eigenvalue weighted by atomic mass is 9.95. The number of ether oxygens (including phenoxy) is 4. The first-order valence-corrected chi connectivity index (χ1v) is 13.9. The molecule has 2 aromatic heterocycles. The first-order chi connectivity index (χ1) is 21.7. The first-order valence-electron chi connectivity index (χ1n) is 13.9. The van der Waals surface area contributed by atoms with Crippen LogP contribution >= 0.6 is 0 Å². The number of carbonyl (C=O) groups is 3. The zero-order chi connectivity index (χ0) is 31.6. The fourth-order valence-electron chi connectivity index (χ4n) is 5.18. The summed E-state index contributed by atoms with van der Waals surface area (Å²) in [6.07, 6.45) is -2.24. The van der Waals surface area contributed by atoms with Crippen LogP contribution in [0.1, 0.15) is 44.2 Å². The molecule has 2 unspecified atom stereocenters. The summed E-state index contributed by atoms with van der Waals surface area (Å²) in [6, 6.07) is 25.0. The maximum absolute atomic E-state index is 13.6. The predicted molar refractivity (Wildman–Crippen MR) is 161 cm³/mol. The third kappa shape index (κ3) is 5.76. The van der Waals surface area contributed by atoms with E-state index in [9.17, 15) is 14.4 Å². The Labute approximate surface area is 256 Å². The molecule has 1 saturated heterocycles. The molecule has 4 atom stereocenters. The van der Waals surface area contributed by atoms with Crippen LogP contribution in [0.5, 0.6) is 0 Å². The standard InChI is InChI=1S/C32H28N6O7/c1-32(45-29(41)21-15-9-4-10-16-21)24(44-28(40)20-13-7-3-8-14-20)22(17-42-27(39)19-11-5-2-6-12-19)43-30(32)38-18-35-23-25(33)36-31(34)37-26(23)38/h2-16,18,22,24,30H,17H2,1H3,(H4,33,34,36,37)/t22-,24?,30-,32?/m1/s1. The number of hydrogen-bond acceptors (Lipinski definition) is 12. The molecule has 0 bridgehead atoms. The molecule has 3 aromatic carbocycles. The summed E-state index contributed by atoms with van der Waals surface area (Å²) in [7, 11) is 0. The van der Waals surface area contributed by atoms with Crippen molar-refractivity contribution in [3.63, 3.8) is 0 Å². The Morgan fingerprint density at radius 3 is 1.98 bits per heavy atom. The number of fused-ring (bicyclic) bond motifs is 1. The number of rotatable bonds is 8. The molecule has 4 N–H and O–H groups in total. The van der Waals surface area contributed by atoms with Gasteiger partial charge in [-0.25, -0.2) is 19.4 Å². The highest BCUT2D eigenvalue weighted by molar-refractivity contribution is 5.91. The average Bonchev–Trinajstić information content (AvgIpc) is 3.59. The van der Waals surface area contributed by atoms with Crippen LogP contribution in [0, 0.1) is 0 Å². The van der Waals surface area contributed by atoms with Gasteiger partial charge in [0, 0.05) is 0 Å². The molecule has 0 aliphatic carbocycles. The van der Waals surface area contributed by atoms with Crippen LogP contribution < -0.4 is 11.5 Å². The first kappa shape index (κ1) is 29.3. The van der Waals surface area contributed by atoms with Crippen molar-refractivity contribution in [2.24, 2.45) is 0 Å². The smallest absolute Gasteiger partial charge is 0.338 e. The number of esters is 3. The van der Waals surface area contributed by atoms with E-state index in [2.05, 4.69) is 15.0 Å². The minimum absolute atomic E-state index is 0.0256. The largest absolute Gasteiger partial charge is 0.459 e. The topological polar surface area (TPSA) is 184 Å². The molecule has 13 nitrogen and oxygen atoms in total. The van der Waals surface area contributed by atoms with Gasteiger partial charge in [0.05, 0.1) is 23.0 Å². The van der Waals surface area contributed by atoms with Crippen molar-refractivity contribution in [2.45, 2.75) is 31.0 Å². The van der Waals surface area contributed by atoms with Crippen LogP contribution in [0.15, 0.2) is 97.3 Å². The number of aromatic nitrogens is 4. The van der Waals surface area contributed by atoms with Crippen molar-refractivity contribution in [2.75, 3.05) is 18.1 Å². The molecule has 0 spiro atoms. The summed E-state index contributed by atoms with van der Waals surface area (Å²) in [5.74, 6) is -2.15. The van der Waals surface area contributed by atoms with Crippen LogP contribution in [0.25, 0.3) is 11.2 Å². The van der Waals surface area contributed by atoms with E-state index in [4.69, 9.17) is 30.4 Å².